The van der Waals surface area contributed by atoms with Gasteiger partial charge in [0.15, 0.2) is 0 Å². The fourth-order valence-corrected chi connectivity index (χ4v) is 3.77. The molecule has 2 aromatic rings. The zero-order valence-electron chi connectivity index (χ0n) is 14.3. The van der Waals surface area contributed by atoms with Crippen molar-refractivity contribution in [2.24, 2.45) is 5.92 Å². The number of carbonyl (C=O) groups is 1. The molecule has 1 aliphatic rings. The molecular weight excluding hydrogens is 375 g/mol. The lowest BCUT2D eigenvalue weighted by Crippen LogP contribution is -2.40. The maximum atomic E-state index is 12.9. The minimum absolute atomic E-state index is 0.113. The summed E-state index contributed by atoms with van der Waals surface area (Å²) in [6, 6.07) is 8.60. The maximum Gasteiger partial charge on any atom is 0.230 e. The first-order chi connectivity index (χ1) is 12.5. The van der Waals surface area contributed by atoms with E-state index in [0.29, 0.717) is 28.0 Å². The Kier molecular flexibility index (Phi) is 6.01. The number of aromatic nitrogens is 1. The van der Waals surface area contributed by atoms with E-state index in [4.69, 9.17) is 27.9 Å². The van der Waals surface area contributed by atoms with Gasteiger partial charge in [0.2, 0.25) is 11.8 Å². The van der Waals surface area contributed by atoms with Crippen molar-refractivity contribution >= 4 is 34.8 Å². The third-order valence-corrected chi connectivity index (χ3v) is 5.49. The van der Waals surface area contributed by atoms with Gasteiger partial charge >= 0.3 is 0 Å². The van der Waals surface area contributed by atoms with Crippen LogP contribution in [0.1, 0.15) is 30.7 Å². The number of methoxy groups -OCH3 is 1. The molecule has 0 bridgehead atoms. The number of rotatable bonds is 4. The van der Waals surface area contributed by atoms with Crippen LogP contribution in [-0.4, -0.2) is 29.2 Å². The molecule has 0 radical (unpaired) electrons. The van der Waals surface area contributed by atoms with Crippen molar-refractivity contribution in [2.45, 2.75) is 31.3 Å². The van der Waals surface area contributed by atoms with Crippen LogP contribution in [0.2, 0.25) is 10.0 Å². The topological polar surface area (TPSA) is 71.5 Å². The summed E-state index contributed by atoms with van der Waals surface area (Å²) in [5, 5.41) is 14.2. The van der Waals surface area contributed by atoms with Gasteiger partial charge in [0, 0.05) is 18.0 Å². The number of aliphatic hydroxyl groups excluding tert-OH is 1. The first-order valence-electron chi connectivity index (χ1n) is 8.43. The van der Waals surface area contributed by atoms with E-state index in [0.717, 1.165) is 18.4 Å². The minimum Gasteiger partial charge on any atom is -0.481 e. The molecule has 1 aliphatic carbocycles. The van der Waals surface area contributed by atoms with Gasteiger partial charge in [-0.25, -0.2) is 4.98 Å². The lowest BCUT2D eigenvalue weighted by atomic mass is 9.73. The molecular formula is C19H20Cl2N2O3. The second-order valence-corrected chi connectivity index (χ2v) is 7.19. The molecule has 138 valence electrons. The number of hydrogen-bond acceptors (Lipinski definition) is 4. The standard InChI is InChI=1S/C19H20Cl2N2O3/c1-26-17-9-11(7-8-22-17)13-3-2-4-16(24)18(13)19(25)23-12-5-6-14(20)15(21)10-12/h5-10,13,16,18,24H,2-4H2,1H3,(H,23,25)/t13-,16-,18-/m0/s1. The predicted molar refractivity (Wildman–Crippen MR) is 102 cm³/mol. The molecule has 0 spiro atoms. The van der Waals surface area contributed by atoms with Crippen LogP contribution < -0.4 is 10.1 Å². The average Bonchev–Trinajstić information content (AvgIpc) is 2.64. The fraction of sp³-hybridized carbons (Fsp3) is 0.368. The highest BCUT2D eigenvalue weighted by Crippen LogP contribution is 2.39. The number of carbonyl (C=O) groups excluding carboxylic acids is 1. The number of aliphatic hydroxyl groups is 1. The Morgan fingerprint density at radius 3 is 2.77 bits per heavy atom. The second kappa shape index (κ2) is 8.25. The lowest BCUT2D eigenvalue weighted by Gasteiger charge is -2.34. The van der Waals surface area contributed by atoms with Gasteiger partial charge in [-0.1, -0.05) is 29.6 Å². The van der Waals surface area contributed by atoms with E-state index in [1.54, 1.807) is 31.5 Å². The van der Waals surface area contributed by atoms with Gasteiger partial charge < -0.3 is 15.2 Å². The first kappa shape index (κ1) is 19.0. The number of nitrogens with one attached hydrogen (secondary N) is 1. The van der Waals surface area contributed by atoms with Crippen LogP contribution in [0.15, 0.2) is 36.5 Å². The Morgan fingerprint density at radius 2 is 2.04 bits per heavy atom. The number of anilines is 1. The van der Waals surface area contributed by atoms with E-state index in [2.05, 4.69) is 10.3 Å². The lowest BCUT2D eigenvalue weighted by molar-refractivity contribution is -0.125. The highest BCUT2D eigenvalue weighted by Gasteiger charge is 2.38. The largest absolute Gasteiger partial charge is 0.481 e. The first-order valence-corrected chi connectivity index (χ1v) is 9.19. The summed E-state index contributed by atoms with van der Waals surface area (Å²) >= 11 is 11.9. The van der Waals surface area contributed by atoms with Gasteiger partial charge in [-0.15, -0.1) is 0 Å². The Morgan fingerprint density at radius 1 is 1.23 bits per heavy atom. The Balaban J connectivity index is 1.85. The van der Waals surface area contributed by atoms with Crippen LogP contribution in [0, 0.1) is 5.92 Å². The van der Waals surface area contributed by atoms with Gasteiger partial charge in [0.25, 0.3) is 0 Å². The normalized spacial score (nSPS) is 22.7. The van der Waals surface area contributed by atoms with Crippen molar-refractivity contribution in [3.63, 3.8) is 0 Å². The SMILES string of the molecule is COc1cc([C@@H]2CCC[C@H](O)[C@H]2C(=O)Nc2ccc(Cl)c(Cl)c2)ccn1. The van der Waals surface area contributed by atoms with Gasteiger partial charge in [-0.05, 0) is 48.6 Å². The van der Waals surface area contributed by atoms with Gasteiger partial charge in [-0.3, -0.25) is 4.79 Å². The highest BCUT2D eigenvalue weighted by molar-refractivity contribution is 6.42. The molecule has 5 nitrogen and oxygen atoms in total. The molecule has 2 N–H and O–H groups in total. The van der Waals surface area contributed by atoms with Gasteiger partial charge in [0.05, 0.1) is 29.2 Å². The van der Waals surface area contributed by atoms with Crippen LogP contribution in [0.3, 0.4) is 0 Å². The summed E-state index contributed by atoms with van der Waals surface area (Å²) in [6.07, 6.45) is 3.20. The quantitative estimate of drug-likeness (QED) is 0.811. The molecule has 1 amide bonds. The van der Waals surface area contributed by atoms with Crippen molar-refractivity contribution in [1.82, 2.24) is 4.98 Å². The minimum atomic E-state index is -0.712. The molecule has 1 heterocycles. The average molecular weight is 395 g/mol. The zero-order valence-corrected chi connectivity index (χ0v) is 15.8. The molecule has 26 heavy (non-hydrogen) atoms. The summed E-state index contributed by atoms with van der Waals surface area (Å²) in [7, 11) is 1.55. The van der Waals surface area contributed by atoms with Crippen molar-refractivity contribution in [3.05, 3.63) is 52.1 Å². The van der Waals surface area contributed by atoms with E-state index in [1.165, 1.54) is 0 Å². The van der Waals surface area contributed by atoms with Gasteiger partial charge in [-0.2, -0.15) is 0 Å². The Bertz CT molecular complexity index is 800. The van der Waals surface area contributed by atoms with Gasteiger partial charge in [0.1, 0.15) is 0 Å². The van der Waals surface area contributed by atoms with E-state index in [9.17, 15) is 9.90 Å². The third-order valence-electron chi connectivity index (χ3n) is 4.75. The highest BCUT2D eigenvalue weighted by atomic mass is 35.5. The third kappa shape index (κ3) is 4.11. The van der Waals surface area contributed by atoms with Crippen LogP contribution in [0.5, 0.6) is 5.88 Å². The molecule has 1 fully saturated rings. The van der Waals surface area contributed by atoms with E-state index >= 15 is 0 Å². The maximum absolute atomic E-state index is 12.9. The monoisotopic (exact) mass is 394 g/mol. The molecule has 1 aromatic heterocycles. The Labute approximate surface area is 162 Å². The molecule has 7 heteroatoms. The summed E-state index contributed by atoms with van der Waals surface area (Å²) in [5.74, 6) is -0.425. The fourth-order valence-electron chi connectivity index (χ4n) is 3.47. The molecule has 1 saturated carbocycles. The van der Waals surface area contributed by atoms with Crippen LogP contribution >= 0.6 is 23.2 Å². The number of halogens is 2. The van der Waals surface area contributed by atoms with Crippen molar-refractivity contribution < 1.29 is 14.6 Å². The predicted octanol–water partition coefficient (Wildman–Crippen LogP) is 4.28. The number of nitrogens with zero attached hydrogens (tertiary/aromatic N) is 1. The second-order valence-electron chi connectivity index (χ2n) is 6.38. The number of amides is 1. The van der Waals surface area contributed by atoms with Crippen LogP contribution in [0.25, 0.3) is 0 Å². The van der Waals surface area contributed by atoms with Crippen molar-refractivity contribution in [1.29, 1.82) is 0 Å². The number of pyridine rings is 1. The number of benzene rings is 1. The van der Waals surface area contributed by atoms with Crippen molar-refractivity contribution in [2.75, 3.05) is 12.4 Å². The summed E-state index contributed by atoms with van der Waals surface area (Å²) in [4.78, 5) is 17.0. The summed E-state index contributed by atoms with van der Waals surface area (Å²) in [6.45, 7) is 0. The van der Waals surface area contributed by atoms with E-state index in [-0.39, 0.29) is 11.8 Å². The molecule has 3 rings (SSSR count). The number of hydrogen-bond donors (Lipinski definition) is 2. The van der Waals surface area contributed by atoms with Crippen molar-refractivity contribution in [3.8, 4) is 5.88 Å². The molecule has 0 unspecified atom stereocenters. The summed E-state index contributed by atoms with van der Waals surface area (Å²) < 4.78 is 5.19. The van der Waals surface area contributed by atoms with Crippen LogP contribution in [0.4, 0.5) is 5.69 Å². The molecule has 3 atom stereocenters. The molecule has 0 saturated heterocycles. The summed E-state index contributed by atoms with van der Waals surface area (Å²) in [5.41, 5.74) is 1.48. The van der Waals surface area contributed by atoms with Crippen LogP contribution in [-0.2, 0) is 4.79 Å². The van der Waals surface area contributed by atoms with E-state index in [1.807, 2.05) is 12.1 Å². The number of ether oxygens (including phenoxy) is 1. The Hall–Kier alpha value is -1.82. The molecule has 0 aliphatic heterocycles. The molecule has 1 aromatic carbocycles. The van der Waals surface area contributed by atoms with E-state index < -0.39 is 12.0 Å². The zero-order chi connectivity index (χ0) is 18.7. The smallest absolute Gasteiger partial charge is 0.230 e.